The Morgan fingerprint density at radius 3 is 2.77 bits per heavy atom. The number of nitrogens with zero attached hydrogens (tertiary/aromatic N) is 3. The lowest BCUT2D eigenvalue weighted by molar-refractivity contribution is 0.328. The summed E-state index contributed by atoms with van der Waals surface area (Å²) in [6.07, 6.45) is 5.37. The molecule has 0 aliphatic heterocycles. The minimum atomic E-state index is 0.607. The standard InChI is InChI=1S/C17H14N4O/c1-2-22-16-6-4-12-13(10-20-17(12)21-16)11-3-5-14-15(9-11)19-8-7-18-14/h3-10H,2H2,1H3,(H,20,21). The molecule has 0 unspecified atom stereocenters. The van der Waals surface area contributed by atoms with Gasteiger partial charge in [0.25, 0.3) is 0 Å². The van der Waals surface area contributed by atoms with Crippen LogP contribution in [-0.2, 0) is 0 Å². The predicted octanol–water partition coefficient (Wildman–Crippen LogP) is 3.57. The summed E-state index contributed by atoms with van der Waals surface area (Å²) in [6, 6.07) is 10.0. The molecule has 1 N–H and O–H groups in total. The van der Waals surface area contributed by atoms with Crippen molar-refractivity contribution in [2.24, 2.45) is 0 Å². The number of benzene rings is 1. The highest BCUT2D eigenvalue weighted by Crippen LogP contribution is 2.30. The molecule has 0 radical (unpaired) electrons. The molecule has 5 nitrogen and oxygen atoms in total. The number of H-pyrrole nitrogens is 1. The fourth-order valence-electron chi connectivity index (χ4n) is 2.58. The van der Waals surface area contributed by atoms with E-state index in [0.717, 1.165) is 33.2 Å². The van der Waals surface area contributed by atoms with E-state index in [1.54, 1.807) is 12.4 Å². The molecule has 0 saturated carbocycles. The van der Waals surface area contributed by atoms with Crippen molar-refractivity contribution in [1.29, 1.82) is 0 Å². The molecule has 0 amide bonds. The lowest BCUT2D eigenvalue weighted by Crippen LogP contribution is -1.93. The minimum Gasteiger partial charge on any atom is -0.478 e. The molecule has 0 atom stereocenters. The van der Waals surface area contributed by atoms with Gasteiger partial charge in [0.2, 0.25) is 5.88 Å². The van der Waals surface area contributed by atoms with Gasteiger partial charge in [0.05, 0.1) is 17.6 Å². The van der Waals surface area contributed by atoms with E-state index < -0.39 is 0 Å². The van der Waals surface area contributed by atoms with Crippen molar-refractivity contribution in [1.82, 2.24) is 19.9 Å². The second kappa shape index (κ2) is 5.11. The van der Waals surface area contributed by atoms with E-state index in [2.05, 4.69) is 26.0 Å². The van der Waals surface area contributed by atoms with Crippen LogP contribution in [0.5, 0.6) is 5.88 Å². The van der Waals surface area contributed by atoms with Gasteiger partial charge in [-0.3, -0.25) is 9.97 Å². The maximum atomic E-state index is 5.44. The largest absolute Gasteiger partial charge is 0.478 e. The highest BCUT2D eigenvalue weighted by atomic mass is 16.5. The molecule has 1 aromatic carbocycles. The number of ether oxygens (including phenoxy) is 1. The van der Waals surface area contributed by atoms with Crippen LogP contribution in [0.1, 0.15) is 6.92 Å². The second-order valence-corrected chi connectivity index (χ2v) is 4.94. The minimum absolute atomic E-state index is 0.607. The topological polar surface area (TPSA) is 63.7 Å². The van der Waals surface area contributed by atoms with Crippen molar-refractivity contribution >= 4 is 22.1 Å². The first-order valence-corrected chi connectivity index (χ1v) is 7.17. The zero-order valence-corrected chi connectivity index (χ0v) is 12.1. The summed E-state index contributed by atoms with van der Waals surface area (Å²) in [5, 5.41) is 1.06. The Morgan fingerprint density at radius 2 is 1.91 bits per heavy atom. The van der Waals surface area contributed by atoms with Crippen LogP contribution in [0.25, 0.3) is 33.2 Å². The fraction of sp³-hybridized carbons (Fsp3) is 0.118. The maximum Gasteiger partial charge on any atom is 0.215 e. The summed E-state index contributed by atoms with van der Waals surface area (Å²) in [5.74, 6) is 0.632. The zero-order chi connectivity index (χ0) is 14.9. The Bertz CT molecular complexity index is 961. The molecule has 5 heteroatoms. The van der Waals surface area contributed by atoms with Gasteiger partial charge in [0, 0.05) is 35.6 Å². The van der Waals surface area contributed by atoms with Gasteiger partial charge in [-0.25, -0.2) is 0 Å². The first-order valence-electron chi connectivity index (χ1n) is 7.17. The number of rotatable bonds is 3. The molecule has 0 aliphatic rings. The Balaban J connectivity index is 1.85. The summed E-state index contributed by atoms with van der Waals surface area (Å²) in [7, 11) is 0. The van der Waals surface area contributed by atoms with Crippen LogP contribution in [0.4, 0.5) is 0 Å². The van der Waals surface area contributed by atoms with Crippen molar-refractivity contribution in [3.05, 3.63) is 48.9 Å². The van der Waals surface area contributed by atoms with E-state index >= 15 is 0 Å². The van der Waals surface area contributed by atoms with Gasteiger partial charge in [-0.05, 0) is 30.7 Å². The van der Waals surface area contributed by atoms with Crippen LogP contribution in [-0.4, -0.2) is 26.5 Å². The predicted molar refractivity (Wildman–Crippen MR) is 85.8 cm³/mol. The van der Waals surface area contributed by atoms with Crippen molar-refractivity contribution in [3.8, 4) is 17.0 Å². The van der Waals surface area contributed by atoms with Crippen molar-refractivity contribution < 1.29 is 4.74 Å². The summed E-state index contributed by atoms with van der Waals surface area (Å²) >= 11 is 0. The van der Waals surface area contributed by atoms with Crippen LogP contribution < -0.4 is 4.74 Å². The van der Waals surface area contributed by atoms with Crippen LogP contribution in [0.2, 0.25) is 0 Å². The number of fused-ring (bicyclic) bond motifs is 2. The molecule has 3 aromatic heterocycles. The van der Waals surface area contributed by atoms with E-state index in [1.807, 2.05) is 37.4 Å². The van der Waals surface area contributed by atoms with Gasteiger partial charge in [-0.2, -0.15) is 4.98 Å². The molecule has 0 fully saturated rings. The van der Waals surface area contributed by atoms with E-state index in [9.17, 15) is 0 Å². The monoisotopic (exact) mass is 290 g/mol. The van der Waals surface area contributed by atoms with Crippen molar-refractivity contribution in [2.75, 3.05) is 6.61 Å². The first kappa shape index (κ1) is 12.8. The summed E-state index contributed by atoms with van der Waals surface area (Å²) < 4.78 is 5.44. The molecule has 22 heavy (non-hydrogen) atoms. The first-order chi connectivity index (χ1) is 10.8. The number of hydrogen-bond acceptors (Lipinski definition) is 4. The molecule has 108 valence electrons. The Kier molecular flexibility index (Phi) is 2.96. The summed E-state index contributed by atoms with van der Waals surface area (Å²) in [4.78, 5) is 16.3. The quantitative estimate of drug-likeness (QED) is 0.626. The third kappa shape index (κ3) is 2.07. The SMILES string of the molecule is CCOc1ccc2c(-c3ccc4nccnc4c3)c[nH]c2n1. The van der Waals surface area contributed by atoms with Gasteiger partial charge >= 0.3 is 0 Å². The van der Waals surface area contributed by atoms with Crippen LogP contribution in [0, 0.1) is 0 Å². The molecule has 3 heterocycles. The molecular formula is C17H14N4O. The summed E-state index contributed by atoms with van der Waals surface area (Å²) in [6.45, 7) is 2.55. The molecule has 4 aromatic rings. The van der Waals surface area contributed by atoms with E-state index in [-0.39, 0.29) is 0 Å². The Hall–Kier alpha value is -2.95. The number of pyridine rings is 1. The van der Waals surface area contributed by atoms with E-state index in [1.165, 1.54) is 0 Å². The molecule has 0 bridgehead atoms. The van der Waals surface area contributed by atoms with Gasteiger partial charge in [0.15, 0.2) is 0 Å². The number of nitrogens with one attached hydrogen (secondary N) is 1. The second-order valence-electron chi connectivity index (χ2n) is 4.94. The third-order valence-electron chi connectivity index (χ3n) is 3.59. The normalized spacial score (nSPS) is 11.1. The number of hydrogen-bond donors (Lipinski definition) is 1. The lowest BCUT2D eigenvalue weighted by Gasteiger charge is -2.03. The lowest BCUT2D eigenvalue weighted by atomic mass is 10.1. The molecule has 0 spiro atoms. The van der Waals surface area contributed by atoms with Crippen molar-refractivity contribution in [2.45, 2.75) is 6.92 Å². The molecular weight excluding hydrogens is 276 g/mol. The Labute approximate surface area is 127 Å². The van der Waals surface area contributed by atoms with Gasteiger partial charge < -0.3 is 9.72 Å². The average molecular weight is 290 g/mol. The smallest absolute Gasteiger partial charge is 0.215 e. The number of aromatic nitrogens is 4. The highest BCUT2D eigenvalue weighted by molar-refractivity contribution is 5.95. The van der Waals surface area contributed by atoms with E-state index in [0.29, 0.717) is 12.5 Å². The highest BCUT2D eigenvalue weighted by Gasteiger charge is 2.09. The maximum absolute atomic E-state index is 5.44. The van der Waals surface area contributed by atoms with Crippen molar-refractivity contribution in [3.63, 3.8) is 0 Å². The molecule has 0 aliphatic carbocycles. The zero-order valence-electron chi connectivity index (χ0n) is 12.1. The molecule has 0 saturated heterocycles. The Morgan fingerprint density at radius 1 is 1.05 bits per heavy atom. The fourth-order valence-corrected chi connectivity index (χ4v) is 2.58. The number of aromatic amines is 1. The van der Waals surface area contributed by atoms with Gasteiger partial charge in [-0.15, -0.1) is 0 Å². The van der Waals surface area contributed by atoms with Gasteiger partial charge in [-0.1, -0.05) is 6.07 Å². The summed E-state index contributed by atoms with van der Waals surface area (Å²) in [5.41, 5.74) is 4.78. The third-order valence-corrected chi connectivity index (χ3v) is 3.59. The van der Waals surface area contributed by atoms with Gasteiger partial charge in [0.1, 0.15) is 5.65 Å². The van der Waals surface area contributed by atoms with Crippen LogP contribution in [0.3, 0.4) is 0 Å². The molecule has 4 rings (SSSR count). The van der Waals surface area contributed by atoms with Crippen LogP contribution >= 0.6 is 0 Å². The van der Waals surface area contributed by atoms with Crippen LogP contribution in [0.15, 0.2) is 48.9 Å². The average Bonchev–Trinajstić information content (AvgIpc) is 2.98. The van der Waals surface area contributed by atoms with E-state index in [4.69, 9.17) is 4.74 Å².